The predicted molar refractivity (Wildman–Crippen MR) is 59.6 cm³/mol. The number of halogens is 2. The van der Waals surface area contributed by atoms with Crippen LogP contribution in [-0.4, -0.2) is 25.7 Å². The number of hydrogen-bond donors (Lipinski definition) is 1. The third kappa shape index (κ3) is 3.46. The van der Waals surface area contributed by atoms with Crippen molar-refractivity contribution in [2.45, 2.75) is 6.10 Å². The number of primary amides is 1. The summed E-state index contributed by atoms with van der Waals surface area (Å²) < 4.78 is 23.2. The molecule has 0 heterocycles. The second-order valence-corrected chi connectivity index (χ2v) is 3.89. The number of carbonyl (C=O) groups is 1. The van der Waals surface area contributed by atoms with Gasteiger partial charge < -0.3 is 15.2 Å². The Hall–Kier alpha value is -1.14. The van der Waals surface area contributed by atoms with Gasteiger partial charge in [-0.25, -0.2) is 4.39 Å². The van der Waals surface area contributed by atoms with Gasteiger partial charge in [-0.05, 0) is 34.1 Å². The van der Waals surface area contributed by atoms with Crippen molar-refractivity contribution >= 4 is 21.8 Å². The van der Waals surface area contributed by atoms with Crippen LogP contribution in [0.1, 0.15) is 0 Å². The first-order chi connectivity index (χ1) is 7.54. The third-order valence-corrected chi connectivity index (χ3v) is 2.41. The topological polar surface area (TPSA) is 61.6 Å². The lowest BCUT2D eigenvalue weighted by atomic mass is 10.3. The molecule has 0 bridgehead atoms. The SMILES string of the molecule is COCC(Oc1ccc(F)c(Br)c1)C(N)=O. The summed E-state index contributed by atoms with van der Waals surface area (Å²) in [5, 5.41) is 0. The molecule has 0 aliphatic rings. The van der Waals surface area contributed by atoms with Crippen LogP contribution in [0.2, 0.25) is 0 Å². The minimum atomic E-state index is -0.887. The zero-order chi connectivity index (χ0) is 12.1. The zero-order valence-electron chi connectivity index (χ0n) is 8.57. The van der Waals surface area contributed by atoms with Crippen molar-refractivity contribution in [3.05, 3.63) is 28.5 Å². The summed E-state index contributed by atoms with van der Waals surface area (Å²) in [6.07, 6.45) is -0.887. The van der Waals surface area contributed by atoms with Crippen LogP contribution in [0.4, 0.5) is 4.39 Å². The van der Waals surface area contributed by atoms with Gasteiger partial charge in [0.05, 0.1) is 11.1 Å². The average molecular weight is 292 g/mol. The summed E-state index contributed by atoms with van der Waals surface area (Å²) in [6, 6.07) is 4.05. The first-order valence-corrected chi connectivity index (χ1v) is 5.24. The summed E-state index contributed by atoms with van der Waals surface area (Å²) in [4.78, 5) is 11.0. The highest BCUT2D eigenvalue weighted by Crippen LogP contribution is 2.22. The number of benzene rings is 1. The van der Waals surface area contributed by atoms with Crippen molar-refractivity contribution in [2.24, 2.45) is 5.73 Å². The van der Waals surface area contributed by atoms with Crippen LogP contribution in [0.5, 0.6) is 5.75 Å². The fourth-order valence-corrected chi connectivity index (χ4v) is 1.40. The van der Waals surface area contributed by atoms with Crippen molar-refractivity contribution in [3.8, 4) is 5.75 Å². The fourth-order valence-electron chi connectivity index (χ4n) is 1.04. The van der Waals surface area contributed by atoms with E-state index in [9.17, 15) is 9.18 Å². The summed E-state index contributed by atoms with van der Waals surface area (Å²) in [5.41, 5.74) is 5.11. The van der Waals surface area contributed by atoms with Crippen LogP contribution in [-0.2, 0) is 9.53 Å². The average Bonchev–Trinajstić information content (AvgIpc) is 2.22. The molecule has 16 heavy (non-hydrogen) atoms. The highest BCUT2D eigenvalue weighted by atomic mass is 79.9. The Balaban J connectivity index is 2.77. The summed E-state index contributed by atoms with van der Waals surface area (Å²) >= 11 is 3.01. The van der Waals surface area contributed by atoms with Crippen LogP contribution >= 0.6 is 15.9 Å². The molecule has 0 radical (unpaired) electrons. The molecule has 0 aromatic heterocycles. The number of rotatable bonds is 5. The van der Waals surface area contributed by atoms with Crippen LogP contribution in [0.25, 0.3) is 0 Å². The molecule has 1 rings (SSSR count). The highest BCUT2D eigenvalue weighted by molar-refractivity contribution is 9.10. The normalized spacial score (nSPS) is 12.2. The number of methoxy groups -OCH3 is 1. The van der Waals surface area contributed by atoms with Crippen LogP contribution < -0.4 is 10.5 Å². The van der Waals surface area contributed by atoms with Gasteiger partial charge in [0, 0.05) is 7.11 Å². The molecule has 1 aromatic carbocycles. The number of carbonyl (C=O) groups excluding carboxylic acids is 1. The minimum absolute atomic E-state index is 0.0460. The first kappa shape index (κ1) is 12.9. The molecule has 0 fully saturated rings. The molecule has 1 atom stereocenters. The maximum Gasteiger partial charge on any atom is 0.260 e. The molecule has 0 aliphatic carbocycles. The van der Waals surface area contributed by atoms with Gasteiger partial charge in [0.15, 0.2) is 6.10 Å². The van der Waals surface area contributed by atoms with Gasteiger partial charge in [0.25, 0.3) is 5.91 Å². The summed E-state index contributed by atoms with van der Waals surface area (Å²) in [5.74, 6) is -0.703. The van der Waals surface area contributed by atoms with Crippen molar-refractivity contribution in [1.29, 1.82) is 0 Å². The smallest absolute Gasteiger partial charge is 0.260 e. The van der Waals surface area contributed by atoms with Gasteiger partial charge >= 0.3 is 0 Å². The van der Waals surface area contributed by atoms with Crippen molar-refractivity contribution in [1.82, 2.24) is 0 Å². The Morgan fingerprint density at radius 1 is 1.62 bits per heavy atom. The summed E-state index contributed by atoms with van der Waals surface area (Å²) in [7, 11) is 1.43. The van der Waals surface area contributed by atoms with E-state index in [-0.39, 0.29) is 11.1 Å². The quantitative estimate of drug-likeness (QED) is 0.894. The van der Waals surface area contributed by atoms with Crippen LogP contribution in [0, 0.1) is 5.82 Å². The van der Waals surface area contributed by atoms with E-state index in [2.05, 4.69) is 15.9 Å². The molecule has 2 N–H and O–H groups in total. The number of nitrogens with two attached hydrogens (primary N) is 1. The second-order valence-electron chi connectivity index (χ2n) is 3.04. The van der Waals surface area contributed by atoms with E-state index in [0.717, 1.165) is 0 Å². The molecule has 0 saturated heterocycles. The lowest BCUT2D eigenvalue weighted by Gasteiger charge is -2.15. The Morgan fingerprint density at radius 3 is 2.81 bits per heavy atom. The number of amides is 1. The number of hydrogen-bond acceptors (Lipinski definition) is 3. The molecule has 0 saturated carbocycles. The Labute approximate surface area is 101 Å². The molecular weight excluding hydrogens is 281 g/mol. The Bertz CT molecular complexity index is 386. The van der Waals surface area contributed by atoms with E-state index in [1.165, 1.54) is 25.3 Å². The molecule has 1 amide bonds. The van der Waals surface area contributed by atoms with E-state index in [0.29, 0.717) is 5.75 Å². The second kappa shape index (κ2) is 5.81. The van der Waals surface area contributed by atoms with Crippen LogP contribution in [0.3, 0.4) is 0 Å². The maximum atomic E-state index is 12.9. The van der Waals surface area contributed by atoms with Crippen LogP contribution in [0.15, 0.2) is 22.7 Å². The zero-order valence-corrected chi connectivity index (χ0v) is 10.2. The van der Waals surface area contributed by atoms with E-state index in [4.69, 9.17) is 15.2 Å². The molecule has 1 unspecified atom stereocenters. The van der Waals surface area contributed by atoms with E-state index >= 15 is 0 Å². The molecule has 88 valence electrons. The van der Waals surface area contributed by atoms with Crippen molar-refractivity contribution in [3.63, 3.8) is 0 Å². The van der Waals surface area contributed by atoms with Gasteiger partial charge in [-0.2, -0.15) is 0 Å². The number of ether oxygens (including phenoxy) is 2. The monoisotopic (exact) mass is 291 g/mol. The van der Waals surface area contributed by atoms with E-state index in [1.807, 2.05) is 0 Å². The van der Waals surface area contributed by atoms with Gasteiger partial charge in [-0.3, -0.25) is 4.79 Å². The van der Waals surface area contributed by atoms with Crippen molar-refractivity contribution < 1.29 is 18.7 Å². The predicted octanol–water partition coefficient (Wildman–Crippen LogP) is 1.47. The molecular formula is C10H11BrFNO3. The third-order valence-electron chi connectivity index (χ3n) is 1.80. The van der Waals surface area contributed by atoms with Gasteiger partial charge in [-0.1, -0.05) is 0 Å². The Morgan fingerprint density at radius 2 is 2.31 bits per heavy atom. The molecule has 0 spiro atoms. The lowest BCUT2D eigenvalue weighted by Crippen LogP contribution is -2.37. The van der Waals surface area contributed by atoms with E-state index < -0.39 is 17.8 Å². The Kier molecular flexibility index (Phi) is 4.70. The lowest BCUT2D eigenvalue weighted by molar-refractivity contribution is -0.126. The molecule has 0 aliphatic heterocycles. The molecule has 1 aromatic rings. The minimum Gasteiger partial charge on any atom is -0.478 e. The first-order valence-electron chi connectivity index (χ1n) is 4.44. The fraction of sp³-hybridized carbons (Fsp3) is 0.300. The van der Waals surface area contributed by atoms with E-state index in [1.54, 1.807) is 0 Å². The molecule has 4 nitrogen and oxygen atoms in total. The highest BCUT2D eigenvalue weighted by Gasteiger charge is 2.17. The largest absolute Gasteiger partial charge is 0.478 e. The van der Waals surface area contributed by atoms with Gasteiger partial charge in [0.2, 0.25) is 0 Å². The standard InChI is InChI=1S/C10H11BrFNO3/c1-15-5-9(10(13)14)16-6-2-3-8(12)7(11)4-6/h2-4,9H,5H2,1H3,(H2,13,14). The van der Waals surface area contributed by atoms with Gasteiger partial charge in [-0.15, -0.1) is 0 Å². The van der Waals surface area contributed by atoms with Crippen molar-refractivity contribution in [2.75, 3.05) is 13.7 Å². The summed E-state index contributed by atoms with van der Waals surface area (Å²) in [6.45, 7) is 0.0460. The van der Waals surface area contributed by atoms with Gasteiger partial charge in [0.1, 0.15) is 11.6 Å². The maximum absolute atomic E-state index is 12.9. The molecule has 6 heteroatoms.